The van der Waals surface area contributed by atoms with Crippen molar-refractivity contribution in [3.05, 3.63) is 47.5 Å². The summed E-state index contributed by atoms with van der Waals surface area (Å²) in [5.41, 5.74) is 0.522. The van der Waals surface area contributed by atoms with Crippen molar-refractivity contribution in [1.29, 1.82) is 0 Å². The lowest BCUT2D eigenvalue weighted by Gasteiger charge is -2.48. The summed E-state index contributed by atoms with van der Waals surface area (Å²) in [6, 6.07) is 7.51. The Kier molecular flexibility index (Phi) is 12.1. The van der Waals surface area contributed by atoms with Gasteiger partial charge in [0.15, 0.2) is 0 Å². The lowest BCUT2D eigenvalue weighted by Crippen LogP contribution is -2.56. The third-order valence-corrected chi connectivity index (χ3v) is 11.3. The molecule has 1 atom stereocenters. The number of carboxylic acid groups (broad SMARTS) is 1. The highest BCUT2D eigenvalue weighted by atomic mass is 35.5. The van der Waals surface area contributed by atoms with E-state index in [9.17, 15) is 19.5 Å². The van der Waals surface area contributed by atoms with Crippen LogP contribution in [0, 0.1) is 11.3 Å². The molecule has 2 heterocycles. The van der Waals surface area contributed by atoms with Gasteiger partial charge < -0.3 is 20.6 Å². The summed E-state index contributed by atoms with van der Waals surface area (Å²) in [6.45, 7) is 7.49. The summed E-state index contributed by atoms with van der Waals surface area (Å²) in [5.74, 6) is 0.513. The molecule has 0 unspecified atom stereocenters. The Labute approximate surface area is 290 Å². The molecule has 264 valence electrons. The van der Waals surface area contributed by atoms with Gasteiger partial charge in [-0.25, -0.2) is 9.78 Å². The summed E-state index contributed by atoms with van der Waals surface area (Å²) in [6.07, 6.45) is 14.4. The van der Waals surface area contributed by atoms with Crippen LogP contribution in [0.5, 0.6) is 0 Å². The molecule has 2 saturated carbocycles. The molecular weight excluding hydrogens is 630 g/mol. The van der Waals surface area contributed by atoms with Gasteiger partial charge in [0, 0.05) is 42.3 Å². The first-order valence-electron chi connectivity index (χ1n) is 17.8. The van der Waals surface area contributed by atoms with E-state index in [4.69, 9.17) is 11.6 Å². The molecule has 5 rings (SSSR count). The summed E-state index contributed by atoms with van der Waals surface area (Å²) in [7, 11) is 0. The van der Waals surface area contributed by atoms with E-state index < -0.39 is 11.6 Å². The largest absolute Gasteiger partial charge is 0.465 e. The van der Waals surface area contributed by atoms with Crippen LogP contribution in [0.15, 0.2) is 36.9 Å². The Morgan fingerprint density at radius 1 is 1.00 bits per heavy atom. The number of likely N-dealkylation sites (tertiary alicyclic amines) is 1. The third kappa shape index (κ3) is 9.49. The number of carbonyl (C=O) groups is 3. The molecule has 3 amide bonds. The standard InChI is InChI=1S/C36H54ClN7O4/c1-35(2,3)44(34(47)48)22-32(45)41-30-15-13-29(14-16-30)40-31(21-26-9-11-28(37)12-10-26)33(46)42-19-17-36(18-20-42,23-43-25-38-24-39-43)27-7-5-4-6-8-27/h9-12,24-25,27,29-31,40H,4-8,13-23H2,1-3H3,(H,41,45)(H,47,48)/t29-,30+,31-/m1/s1. The van der Waals surface area contributed by atoms with Gasteiger partial charge in [0.05, 0.1) is 6.04 Å². The maximum Gasteiger partial charge on any atom is 0.408 e. The van der Waals surface area contributed by atoms with Gasteiger partial charge in [-0.05, 0) is 108 Å². The average Bonchev–Trinajstić information content (AvgIpc) is 3.58. The minimum atomic E-state index is -1.11. The highest BCUT2D eigenvalue weighted by Gasteiger charge is 2.44. The van der Waals surface area contributed by atoms with E-state index in [1.165, 1.54) is 32.1 Å². The second kappa shape index (κ2) is 16.0. The fourth-order valence-corrected chi connectivity index (χ4v) is 8.34. The number of rotatable bonds is 11. The minimum absolute atomic E-state index is 0.0171. The molecule has 0 bridgehead atoms. The van der Waals surface area contributed by atoms with E-state index in [2.05, 4.69) is 25.6 Å². The van der Waals surface area contributed by atoms with Crippen LogP contribution in [0.25, 0.3) is 0 Å². The van der Waals surface area contributed by atoms with Gasteiger partial charge in [-0.15, -0.1) is 0 Å². The molecule has 2 aromatic rings. The molecule has 48 heavy (non-hydrogen) atoms. The van der Waals surface area contributed by atoms with Gasteiger partial charge in [-0.3, -0.25) is 19.2 Å². The topological polar surface area (TPSA) is 133 Å². The zero-order chi connectivity index (χ0) is 34.3. The van der Waals surface area contributed by atoms with E-state index in [0.29, 0.717) is 17.4 Å². The van der Waals surface area contributed by atoms with Crippen LogP contribution in [0.4, 0.5) is 4.79 Å². The SMILES string of the molecule is CC(C)(C)N(CC(=O)N[C@H]1CC[C@@H](N[C@H](Cc2ccc(Cl)cc2)C(=O)N2CCC(Cn3cncn3)(C3CCCCC3)CC2)CC1)C(=O)O. The van der Waals surface area contributed by atoms with Crippen molar-refractivity contribution in [3.8, 4) is 0 Å². The van der Waals surface area contributed by atoms with E-state index in [1.54, 1.807) is 27.1 Å². The molecule has 3 fully saturated rings. The van der Waals surface area contributed by atoms with E-state index in [-0.39, 0.29) is 41.9 Å². The quantitative estimate of drug-likeness (QED) is 0.284. The fraction of sp³-hybridized carbons (Fsp3) is 0.694. The predicted octanol–water partition coefficient (Wildman–Crippen LogP) is 5.53. The van der Waals surface area contributed by atoms with Crippen molar-refractivity contribution >= 4 is 29.5 Å². The van der Waals surface area contributed by atoms with Crippen molar-refractivity contribution in [3.63, 3.8) is 0 Å². The first-order chi connectivity index (χ1) is 22.9. The second-order valence-electron chi connectivity index (χ2n) is 15.3. The first-order valence-corrected chi connectivity index (χ1v) is 18.2. The number of aromatic nitrogens is 3. The van der Waals surface area contributed by atoms with Gasteiger partial charge in [0.1, 0.15) is 19.2 Å². The Morgan fingerprint density at radius 3 is 2.23 bits per heavy atom. The van der Waals surface area contributed by atoms with Crippen LogP contribution < -0.4 is 10.6 Å². The number of nitrogens with one attached hydrogen (secondary N) is 2. The Morgan fingerprint density at radius 2 is 1.65 bits per heavy atom. The number of nitrogens with zero attached hydrogens (tertiary/aromatic N) is 5. The lowest BCUT2D eigenvalue weighted by molar-refractivity contribution is -0.137. The van der Waals surface area contributed by atoms with Crippen molar-refractivity contribution in [2.75, 3.05) is 19.6 Å². The van der Waals surface area contributed by atoms with Crippen LogP contribution in [0.1, 0.15) is 97.0 Å². The molecule has 3 aliphatic rings. The Hall–Kier alpha value is -3.18. The molecule has 2 aliphatic carbocycles. The molecule has 11 nitrogen and oxygen atoms in total. The normalized spacial score (nSPS) is 22.5. The van der Waals surface area contributed by atoms with Gasteiger partial charge in [-0.2, -0.15) is 5.10 Å². The number of benzene rings is 1. The summed E-state index contributed by atoms with van der Waals surface area (Å²) >= 11 is 6.18. The van der Waals surface area contributed by atoms with Gasteiger partial charge >= 0.3 is 6.09 Å². The van der Waals surface area contributed by atoms with Crippen LogP contribution >= 0.6 is 11.6 Å². The van der Waals surface area contributed by atoms with Crippen molar-refractivity contribution in [2.45, 2.75) is 128 Å². The predicted molar refractivity (Wildman–Crippen MR) is 186 cm³/mol. The molecule has 1 aromatic heterocycles. The van der Waals surface area contributed by atoms with Crippen molar-refractivity contribution < 1.29 is 19.5 Å². The van der Waals surface area contributed by atoms with Crippen LogP contribution in [-0.2, 0) is 22.6 Å². The molecule has 0 spiro atoms. The average molecular weight is 684 g/mol. The van der Waals surface area contributed by atoms with Crippen molar-refractivity contribution in [2.24, 2.45) is 11.3 Å². The second-order valence-corrected chi connectivity index (χ2v) is 15.8. The molecule has 3 N–H and O–H groups in total. The number of carbonyl (C=O) groups excluding carboxylic acids is 2. The Bertz CT molecular complexity index is 1340. The zero-order valence-electron chi connectivity index (χ0n) is 28.9. The summed E-state index contributed by atoms with van der Waals surface area (Å²) < 4.78 is 1.99. The highest BCUT2D eigenvalue weighted by Crippen LogP contribution is 2.47. The number of hydrogen-bond donors (Lipinski definition) is 3. The van der Waals surface area contributed by atoms with E-state index in [0.717, 1.165) is 68.6 Å². The molecule has 0 radical (unpaired) electrons. The lowest BCUT2D eigenvalue weighted by atomic mass is 9.63. The van der Waals surface area contributed by atoms with Gasteiger partial charge in [0.2, 0.25) is 11.8 Å². The molecule has 12 heteroatoms. The molecule has 1 aliphatic heterocycles. The monoisotopic (exact) mass is 683 g/mol. The number of piperidine rings is 1. The van der Waals surface area contributed by atoms with E-state index >= 15 is 0 Å². The van der Waals surface area contributed by atoms with Crippen LogP contribution in [0.3, 0.4) is 0 Å². The zero-order valence-corrected chi connectivity index (χ0v) is 29.6. The summed E-state index contributed by atoms with van der Waals surface area (Å²) in [5, 5.41) is 21.5. The van der Waals surface area contributed by atoms with Gasteiger partial charge in [-0.1, -0.05) is 43.0 Å². The summed E-state index contributed by atoms with van der Waals surface area (Å²) in [4.78, 5) is 46.2. The number of hydrogen-bond acceptors (Lipinski definition) is 6. The van der Waals surface area contributed by atoms with E-state index in [1.807, 2.05) is 35.3 Å². The maximum absolute atomic E-state index is 14.3. The van der Waals surface area contributed by atoms with Gasteiger partial charge in [0.25, 0.3) is 0 Å². The number of amides is 3. The first kappa shape index (κ1) is 36.1. The number of halogens is 1. The minimum Gasteiger partial charge on any atom is -0.465 e. The molecular formula is C36H54ClN7O4. The highest BCUT2D eigenvalue weighted by molar-refractivity contribution is 6.30. The maximum atomic E-state index is 14.3. The molecule has 1 aromatic carbocycles. The van der Waals surface area contributed by atoms with Crippen LogP contribution in [0.2, 0.25) is 5.02 Å². The molecule has 1 saturated heterocycles. The van der Waals surface area contributed by atoms with Crippen LogP contribution in [-0.4, -0.2) is 90.9 Å². The Balaban J connectivity index is 1.21. The third-order valence-electron chi connectivity index (χ3n) is 11.0. The fourth-order valence-electron chi connectivity index (χ4n) is 8.21. The van der Waals surface area contributed by atoms with Crippen molar-refractivity contribution in [1.82, 2.24) is 35.2 Å². The smallest absolute Gasteiger partial charge is 0.408 e.